The van der Waals surface area contributed by atoms with Gasteiger partial charge in [-0.25, -0.2) is 4.79 Å². The molecule has 2 aromatic rings. The molecule has 0 saturated carbocycles. The lowest BCUT2D eigenvalue weighted by atomic mass is 9.97. The summed E-state index contributed by atoms with van der Waals surface area (Å²) in [4.78, 5) is 11.9. The molecular formula is C16H20N4O2. The average Bonchev–Trinajstić information content (AvgIpc) is 3.00. The fourth-order valence-corrected chi connectivity index (χ4v) is 2.54. The summed E-state index contributed by atoms with van der Waals surface area (Å²) in [6, 6.07) is 7.82. The van der Waals surface area contributed by atoms with Crippen molar-refractivity contribution in [2.24, 2.45) is 5.92 Å². The second-order valence-corrected chi connectivity index (χ2v) is 5.41. The minimum atomic E-state index is -0.213. The Morgan fingerprint density at radius 2 is 2.32 bits per heavy atom. The molecule has 0 aliphatic carbocycles. The Morgan fingerprint density at radius 1 is 1.45 bits per heavy atom. The van der Waals surface area contributed by atoms with E-state index in [1.807, 2.05) is 25.1 Å². The number of carbonyl (C=O) groups excluding carboxylic acids is 1. The fraction of sp³-hybridized carbons (Fsp3) is 0.375. The van der Waals surface area contributed by atoms with Crippen molar-refractivity contribution in [2.45, 2.75) is 19.9 Å². The van der Waals surface area contributed by atoms with E-state index in [1.165, 1.54) is 5.56 Å². The molecule has 1 aromatic carbocycles. The second kappa shape index (κ2) is 6.51. The Hall–Kier alpha value is -2.50. The number of nitrogens with one attached hydrogen (secondary N) is 2. The van der Waals surface area contributed by atoms with Crippen molar-refractivity contribution in [3.63, 3.8) is 0 Å². The summed E-state index contributed by atoms with van der Waals surface area (Å²) >= 11 is 0. The molecular weight excluding hydrogens is 280 g/mol. The van der Waals surface area contributed by atoms with Crippen molar-refractivity contribution in [3.05, 3.63) is 42.2 Å². The van der Waals surface area contributed by atoms with Gasteiger partial charge in [-0.1, -0.05) is 18.2 Å². The van der Waals surface area contributed by atoms with Crippen LogP contribution in [0.15, 0.2) is 36.7 Å². The van der Waals surface area contributed by atoms with E-state index in [-0.39, 0.29) is 6.03 Å². The monoisotopic (exact) mass is 300 g/mol. The van der Waals surface area contributed by atoms with Crippen molar-refractivity contribution in [3.8, 4) is 5.75 Å². The van der Waals surface area contributed by atoms with Crippen LogP contribution in [0.25, 0.3) is 0 Å². The number of ether oxygens (including phenoxy) is 1. The highest BCUT2D eigenvalue weighted by Gasteiger charge is 2.19. The lowest BCUT2D eigenvalue weighted by molar-refractivity contribution is 0.215. The first-order valence-electron chi connectivity index (χ1n) is 7.52. The van der Waals surface area contributed by atoms with Crippen LogP contribution in [0.1, 0.15) is 12.5 Å². The first-order valence-corrected chi connectivity index (χ1v) is 7.52. The summed E-state index contributed by atoms with van der Waals surface area (Å²) in [6.07, 6.45) is 4.37. The maximum Gasteiger partial charge on any atom is 0.319 e. The molecule has 2 heterocycles. The van der Waals surface area contributed by atoms with Crippen LogP contribution >= 0.6 is 0 Å². The molecule has 2 N–H and O–H groups in total. The molecule has 6 nitrogen and oxygen atoms in total. The zero-order chi connectivity index (χ0) is 15.4. The van der Waals surface area contributed by atoms with Gasteiger partial charge in [0.25, 0.3) is 0 Å². The van der Waals surface area contributed by atoms with E-state index >= 15 is 0 Å². The number of aryl methyl sites for hydroxylation is 1. The van der Waals surface area contributed by atoms with Crippen LogP contribution in [-0.2, 0) is 13.0 Å². The molecule has 22 heavy (non-hydrogen) atoms. The Balaban J connectivity index is 1.47. The van der Waals surface area contributed by atoms with Crippen LogP contribution in [0.2, 0.25) is 0 Å². The van der Waals surface area contributed by atoms with Gasteiger partial charge in [0.05, 0.1) is 18.5 Å². The summed E-state index contributed by atoms with van der Waals surface area (Å²) < 4.78 is 7.48. The third-order valence-electron chi connectivity index (χ3n) is 3.72. The predicted molar refractivity (Wildman–Crippen MR) is 84.1 cm³/mol. The zero-order valence-corrected chi connectivity index (χ0v) is 12.6. The quantitative estimate of drug-likeness (QED) is 0.910. The molecule has 0 fully saturated rings. The van der Waals surface area contributed by atoms with Crippen LogP contribution < -0.4 is 15.4 Å². The minimum Gasteiger partial charge on any atom is -0.493 e. The lowest BCUT2D eigenvalue weighted by Gasteiger charge is -2.25. The van der Waals surface area contributed by atoms with Gasteiger partial charge >= 0.3 is 6.03 Å². The maximum absolute atomic E-state index is 11.9. The number of amides is 2. The van der Waals surface area contributed by atoms with Crippen LogP contribution in [0.5, 0.6) is 5.75 Å². The van der Waals surface area contributed by atoms with Gasteiger partial charge in [0.1, 0.15) is 5.75 Å². The molecule has 0 bridgehead atoms. The normalized spacial score (nSPS) is 16.5. The van der Waals surface area contributed by atoms with Gasteiger partial charge in [-0.15, -0.1) is 0 Å². The van der Waals surface area contributed by atoms with E-state index in [9.17, 15) is 4.79 Å². The third kappa shape index (κ3) is 3.39. The van der Waals surface area contributed by atoms with Gasteiger partial charge in [-0.05, 0) is 25.0 Å². The molecule has 3 rings (SSSR count). The Bertz CT molecular complexity index is 653. The average molecular weight is 300 g/mol. The molecule has 116 valence electrons. The van der Waals surface area contributed by atoms with E-state index in [0.29, 0.717) is 24.8 Å². The molecule has 1 atom stereocenters. The maximum atomic E-state index is 11.9. The second-order valence-electron chi connectivity index (χ2n) is 5.41. The summed E-state index contributed by atoms with van der Waals surface area (Å²) in [7, 11) is 0. The third-order valence-corrected chi connectivity index (χ3v) is 3.72. The largest absolute Gasteiger partial charge is 0.493 e. The van der Waals surface area contributed by atoms with Gasteiger partial charge in [-0.3, -0.25) is 4.68 Å². The molecule has 0 saturated heterocycles. The molecule has 6 heteroatoms. The molecule has 1 aliphatic heterocycles. The van der Waals surface area contributed by atoms with Crippen molar-refractivity contribution in [1.82, 2.24) is 15.1 Å². The minimum absolute atomic E-state index is 0.213. The van der Waals surface area contributed by atoms with E-state index in [4.69, 9.17) is 4.74 Å². The number of hydrogen-bond donors (Lipinski definition) is 2. The van der Waals surface area contributed by atoms with Gasteiger partial charge in [0.15, 0.2) is 0 Å². The van der Waals surface area contributed by atoms with Crippen LogP contribution in [0.4, 0.5) is 10.5 Å². The molecule has 0 spiro atoms. The first-order chi connectivity index (χ1) is 10.7. The number of anilines is 1. The highest BCUT2D eigenvalue weighted by molar-refractivity contribution is 5.88. The number of hydrogen-bond acceptors (Lipinski definition) is 3. The van der Waals surface area contributed by atoms with Crippen LogP contribution in [-0.4, -0.2) is 29.0 Å². The number of fused-ring (bicyclic) bond motifs is 1. The topological polar surface area (TPSA) is 68.2 Å². The fourth-order valence-electron chi connectivity index (χ4n) is 2.54. The van der Waals surface area contributed by atoms with E-state index in [0.717, 1.165) is 18.7 Å². The van der Waals surface area contributed by atoms with Crippen molar-refractivity contribution in [2.75, 3.05) is 18.5 Å². The van der Waals surface area contributed by atoms with Crippen molar-refractivity contribution in [1.29, 1.82) is 0 Å². The number of nitrogens with zero attached hydrogens (tertiary/aromatic N) is 2. The summed E-state index contributed by atoms with van der Waals surface area (Å²) in [5.74, 6) is 1.24. The summed E-state index contributed by atoms with van der Waals surface area (Å²) in [6.45, 7) is 3.99. The molecule has 1 aromatic heterocycles. The van der Waals surface area contributed by atoms with Gasteiger partial charge in [0, 0.05) is 25.2 Å². The number of rotatable bonds is 4. The number of para-hydroxylation sites is 1. The standard InChI is InChI=1S/C16H20N4O2/c1-2-20-10-14(9-18-20)19-16(21)17-8-12-7-13-5-3-4-6-15(13)22-11-12/h3-6,9-10,12H,2,7-8,11H2,1H3,(H2,17,19,21)/t12-/m0/s1. The summed E-state index contributed by atoms with van der Waals surface area (Å²) in [5, 5.41) is 9.79. The van der Waals surface area contributed by atoms with Crippen LogP contribution in [0.3, 0.4) is 0 Å². The molecule has 0 unspecified atom stereocenters. The highest BCUT2D eigenvalue weighted by atomic mass is 16.5. The van der Waals surface area contributed by atoms with E-state index < -0.39 is 0 Å². The lowest BCUT2D eigenvalue weighted by Crippen LogP contribution is -2.37. The van der Waals surface area contributed by atoms with Crippen LogP contribution in [0, 0.1) is 5.92 Å². The number of benzene rings is 1. The Morgan fingerprint density at radius 3 is 3.14 bits per heavy atom. The smallest absolute Gasteiger partial charge is 0.319 e. The Labute approximate surface area is 129 Å². The first kappa shape index (κ1) is 14.4. The van der Waals surface area contributed by atoms with E-state index in [2.05, 4.69) is 21.8 Å². The van der Waals surface area contributed by atoms with Crippen molar-refractivity contribution >= 4 is 11.7 Å². The molecule has 2 amide bonds. The number of carbonyl (C=O) groups is 1. The van der Waals surface area contributed by atoms with Gasteiger partial charge in [-0.2, -0.15) is 5.10 Å². The molecule has 1 aliphatic rings. The van der Waals surface area contributed by atoms with Gasteiger partial charge < -0.3 is 15.4 Å². The highest BCUT2D eigenvalue weighted by Crippen LogP contribution is 2.26. The zero-order valence-electron chi connectivity index (χ0n) is 12.6. The Kier molecular flexibility index (Phi) is 4.27. The summed E-state index contributed by atoms with van der Waals surface area (Å²) in [5.41, 5.74) is 1.90. The van der Waals surface area contributed by atoms with Gasteiger partial charge in [0.2, 0.25) is 0 Å². The van der Waals surface area contributed by atoms with Crippen molar-refractivity contribution < 1.29 is 9.53 Å². The molecule has 0 radical (unpaired) electrons. The predicted octanol–water partition coefficient (Wildman–Crippen LogP) is 2.28. The SMILES string of the molecule is CCn1cc(NC(=O)NC[C@H]2COc3ccccc3C2)cn1. The number of aromatic nitrogens is 2. The van der Waals surface area contributed by atoms with E-state index in [1.54, 1.807) is 17.1 Å². The number of urea groups is 1.